The Hall–Kier alpha value is -3.98. The van der Waals surface area contributed by atoms with E-state index in [0.29, 0.717) is 23.4 Å². The molecule has 170 valence electrons. The summed E-state index contributed by atoms with van der Waals surface area (Å²) in [6, 6.07) is 17.1. The average Bonchev–Trinajstić information content (AvgIpc) is 3.21. The quantitative estimate of drug-likeness (QED) is 0.468. The van der Waals surface area contributed by atoms with Crippen molar-refractivity contribution in [1.29, 1.82) is 0 Å². The van der Waals surface area contributed by atoms with Crippen molar-refractivity contribution in [3.05, 3.63) is 101 Å². The van der Waals surface area contributed by atoms with E-state index in [1.54, 1.807) is 58.0 Å². The Bertz CT molecular complexity index is 1320. The Morgan fingerprint density at radius 2 is 1.73 bits per heavy atom. The normalized spacial score (nSPS) is 11.4. The highest BCUT2D eigenvalue weighted by Gasteiger charge is 2.19. The molecule has 0 aliphatic heterocycles. The number of rotatable bonds is 9. The first-order valence-corrected chi connectivity index (χ1v) is 11.6. The Morgan fingerprint density at radius 1 is 1.00 bits per heavy atom. The highest BCUT2D eigenvalue weighted by atomic mass is 32.2. The molecule has 0 fully saturated rings. The molecule has 0 aliphatic carbocycles. The molecule has 8 nitrogen and oxygen atoms in total. The van der Waals surface area contributed by atoms with Gasteiger partial charge < -0.3 is 9.67 Å². The zero-order valence-corrected chi connectivity index (χ0v) is 18.6. The third kappa shape index (κ3) is 6.50. The molecule has 0 atom stereocenters. The fourth-order valence-corrected chi connectivity index (χ4v) is 3.91. The average molecular weight is 467 g/mol. The minimum Gasteiger partial charge on any atom is -0.480 e. The number of carbonyl (C=O) groups excluding carboxylic acids is 2. The maximum absolute atomic E-state index is 12.8. The van der Waals surface area contributed by atoms with Gasteiger partial charge in [-0.15, -0.1) is 0 Å². The van der Waals surface area contributed by atoms with Gasteiger partial charge in [0.2, 0.25) is 15.8 Å². The third-order valence-corrected chi connectivity index (χ3v) is 5.82. The van der Waals surface area contributed by atoms with Gasteiger partial charge in [-0.05, 0) is 36.8 Å². The number of ketones is 1. The van der Waals surface area contributed by atoms with Crippen LogP contribution in [0.2, 0.25) is 0 Å². The molecule has 9 heteroatoms. The lowest BCUT2D eigenvalue weighted by Crippen LogP contribution is -2.34. The highest BCUT2D eigenvalue weighted by molar-refractivity contribution is 7.90. The van der Waals surface area contributed by atoms with Gasteiger partial charge in [0, 0.05) is 23.9 Å². The lowest BCUT2D eigenvalue weighted by Gasteiger charge is -2.07. The molecule has 2 aromatic carbocycles. The summed E-state index contributed by atoms with van der Waals surface area (Å²) in [7, 11) is -4.28. The molecular formula is C24H22N2O6S. The SMILES string of the molecule is Cc1ccc(C(=O)c2cccn2C/C=C/c2cccc(C(=O)NS(=O)(=O)CC(=O)O)c2)cc1. The number of hydrogen-bond donors (Lipinski definition) is 2. The van der Waals surface area contributed by atoms with E-state index in [-0.39, 0.29) is 11.3 Å². The van der Waals surface area contributed by atoms with Crippen LogP contribution in [0.15, 0.2) is 72.9 Å². The van der Waals surface area contributed by atoms with Gasteiger partial charge in [-0.3, -0.25) is 14.4 Å². The summed E-state index contributed by atoms with van der Waals surface area (Å²) >= 11 is 0. The molecule has 1 heterocycles. The maximum Gasteiger partial charge on any atom is 0.320 e. The predicted octanol–water partition coefficient (Wildman–Crippen LogP) is 2.89. The third-order valence-electron chi connectivity index (χ3n) is 4.70. The molecule has 2 N–H and O–H groups in total. The molecule has 0 unspecified atom stereocenters. The molecule has 0 radical (unpaired) electrons. The molecular weight excluding hydrogens is 444 g/mol. The van der Waals surface area contributed by atoms with Crippen LogP contribution in [0, 0.1) is 6.92 Å². The monoisotopic (exact) mass is 466 g/mol. The van der Waals surface area contributed by atoms with E-state index in [1.165, 1.54) is 12.1 Å². The largest absolute Gasteiger partial charge is 0.480 e. The summed E-state index contributed by atoms with van der Waals surface area (Å²) in [5, 5.41) is 8.62. The number of aliphatic carboxylic acids is 1. The maximum atomic E-state index is 12.8. The van der Waals surface area contributed by atoms with Crippen LogP contribution in [-0.2, 0) is 21.4 Å². The second-order valence-electron chi connectivity index (χ2n) is 7.35. The topological polar surface area (TPSA) is 123 Å². The van der Waals surface area contributed by atoms with Gasteiger partial charge in [0.1, 0.15) is 0 Å². The number of sulfonamides is 1. The van der Waals surface area contributed by atoms with Crippen LogP contribution in [0.25, 0.3) is 6.08 Å². The molecule has 3 rings (SSSR count). The van der Waals surface area contributed by atoms with Crippen molar-refractivity contribution in [1.82, 2.24) is 9.29 Å². The zero-order chi connectivity index (χ0) is 24.0. The van der Waals surface area contributed by atoms with Gasteiger partial charge in [-0.2, -0.15) is 0 Å². The number of carboxylic acid groups (broad SMARTS) is 1. The van der Waals surface area contributed by atoms with Crippen LogP contribution in [-0.4, -0.2) is 41.5 Å². The molecule has 0 spiro atoms. The molecule has 0 saturated heterocycles. The fourth-order valence-electron chi connectivity index (χ4n) is 3.12. The van der Waals surface area contributed by atoms with Gasteiger partial charge >= 0.3 is 5.97 Å². The van der Waals surface area contributed by atoms with Crippen LogP contribution in [0.5, 0.6) is 0 Å². The smallest absolute Gasteiger partial charge is 0.320 e. The number of amides is 1. The number of nitrogens with one attached hydrogen (secondary N) is 1. The molecule has 3 aromatic rings. The minimum absolute atomic E-state index is 0.0716. The van der Waals surface area contributed by atoms with Crippen LogP contribution < -0.4 is 4.72 Å². The summed E-state index contributed by atoms with van der Waals surface area (Å²) in [5.41, 5.74) is 2.92. The Labute approximate surface area is 191 Å². The molecule has 0 aliphatic rings. The minimum atomic E-state index is -4.28. The summed E-state index contributed by atoms with van der Waals surface area (Å²) < 4.78 is 26.9. The van der Waals surface area contributed by atoms with E-state index in [0.717, 1.165) is 5.56 Å². The lowest BCUT2D eigenvalue weighted by atomic mass is 10.1. The van der Waals surface area contributed by atoms with Gasteiger partial charge in [-0.1, -0.05) is 54.1 Å². The summed E-state index contributed by atoms with van der Waals surface area (Å²) in [4.78, 5) is 35.6. The van der Waals surface area contributed by atoms with E-state index < -0.39 is 27.7 Å². The summed E-state index contributed by atoms with van der Waals surface area (Å²) in [6.07, 6.45) is 5.34. The van der Waals surface area contributed by atoms with Crippen LogP contribution in [0.3, 0.4) is 0 Å². The van der Waals surface area contributed by atoms with Crippen molar-refractivity contribution in [3.8, 4) is 0 Å². The number of carbonyl (C=O) groups is 3. The lowest BCUT2D eigenvalue weighted by molar-refractivity contribution is -0.134. The van der Waals surface area contributed by atoms with Crippen molar-refractivity contribution in [2.45, 2.75) is 13.5 Å². The van der Waals surface area contributed by atoms with Crippen LogP contribution >= 0.6 is 0 Å². The Balaban J connectivity index is 1.69. The van der Waals surface area contributed by atoms with Crippen molar-refractivity contribution < 1.29 is 27.9 Å². The van der Waals surface area contributed by atoms with Crippen molar-refractivity contribution >= 4 is 33.8 Å². The Kier molecular flexibility index (Phi) is 7.24. The van der Waals surface area contributed by atoms with E-state index in [9.17, 15) is 22.8 Å². The molecule has 1 aromatic heterocycles. The second-order valence-corrected chi connectivity index (χ2v) is 9.08. The molecule has 0 saturated carbocycles. The second kappa shape index (κ2) is 10.1. The van der Waals surface area contributed by atoms with Crippen molar-refractivity contribution in [2.24, 2.45) is 0 Å². The number of aromatic nitrogens is 1. The van der Waals surface area contributed by atoms with Crippen molar-refractivity contribution in [2.75, 3.05) is 5.75 Å². The summed E-state index contributed by atoms with van der Waals surface area (Å²) in [5.74, 6) is -3.76. The van der Waals surface area contributed by atoms with Gasteiger partial charge in [0.15, 0.2) is 5.75 Å². The highest BCUT2D eigenvalue weighted by Crippen LogP contribution is 2.13. The van der Waals surface area contributed by atoms with Gasteiger partial charge in [0.25, 0.3) is 5.91 Å². The predicted molar refractivity (Wildman–Crippen MR) is 123 cm³/mol. The van der Waals surface area contributed by atoms with Gasteiger partial charge in [-0.25, -0.2) is 13.1 Å². The standard InChI is InChI=1S/C24H22N2O6S/c1-17-9-11-19(12-10-17)23(29)21-8-4-14-26(21)13-3-6-18-5-2-7-20(15-18)24(30)25-33(31,32)16-22(27)28/h2-12,14-15H,13,16H2,1H3,(H,25,30)(H,27,28)/b6-3+. The van der Waals surface area contributed by atoms with Crippen molar-refractivity contribution in [3.63, 3.8) is 0 Å². The number of hydrogen-bond acceptors (Lipinski definition) is 5. The first-order valence-electron chi connectivity index (χ1n) is 9.94. The first-order chi connectivity index (χ1) is 15.6. The number of benzene rings is 2. The zero-order valence-electron chi connectivity index (χ0n) is 17.8. The van der Waals surface area contributed by atoms with E-state index >= 15 is 0 Å². The number of nitrogens with zero attached hydrogens (tertiary/aromatic N) is 1. The number of allylic oxidation sites excluding steroid dienone is 1. The van der Waals surface area contributed by atoms with E-state index in [4.69, 9.17) is 5.11 Å². The summed E-state index contributed by atoms with van der Waals surface area (Å²) in [6.45, 7) is 2.36. The number of carboxylic acids is 1. The van der Waals surface area contributed by atoms with E-state index in [1.807, 2.05) is 25.1 Å². The molecule has 1 amide bonds. The number of aryl methyl sites for hydroxylation is 1. The fraction of sp³-hybridized carbons (Fsp3) is 0.125. The molecule has 0 bridgehead atoms. The first kappa shape index (κ1) is 23.7. The van der Waals surface area contributed by atoms with Gasteiger partial charge in [0.05, 0.1) is 5.69 Å². The Morgan fingerprint density at radius 3 is 2.42 bits per heavy atom. The molecule has 33 heavy (non-hydrogen) atoms. The van der Waals surface area contributed by atoms with Crippen LogP contribution in [0.4, 0.5) is 0 Å². The van der Waals surface area contributed by atoms with E-state index in [2.05, 4.69) is 0 Å². The van der Waals surface area contributed by atoms with Crippen LogP contribution in [0.1, 0.15) is 37.5 Å².